The molecule has 1 aliphatic carbocycles. The summed E-state index contributed by atoms with van der Waals surface area (Å²) < 4.78 is 19.6. The average molecular weight is 627 g/mol. The van der Waals surface area contributed by atoms with Gasteiger partial charge in [-0.15, -0.1) is 0 Å². The number of hydrogen-bond donors (Lipinski definition) is 4. The molecule has 3 aromatic rings. The number of rotatable bonds is 8. The van der Waals surface area contributed by atoms with Gasteiger partial charge in [-0.3, -0.25) is 14.6 Å². The lowest BCUT2D eigenvalue weighted by molar-refractivity contribution is -0.125. The Kier molecular flexibility index (Phi) is 10.0. The van der Waals surface area contributed by atoms with Crippen molar-refractivity contribution < 1.29 is 28.6 Å². The van der Waals surface area contributed by atoms with E-state index in [0.717, 1.165) is 12.8 Å². The van der Waals surface area contributed by atoms with Gasteiger partial charge < -0.3 is 25.8 Å². The Labute approximate surface area is 261 Å². The van der Waals surface area contributed by atoms with Gasteiger partial charge in [-0.1, -0.05) is 31.5 Å². The van der Waals surface area contributed by atoms with Crippen molar-refractivity contribution in [3.63, 3.8) is 0 Å². The smallest absolute Gasteiger partial charge is 0.408 e. The summed E-state index contributed by atoms with van der Waals surface area (Å²) in [7, 11) is 0. The van der Waals surface area contributed by atoms with Crippen molar-refractivity contribution in [1.82, 2.24) is 15.6 Å². The summed E-state index contributed by atoms with van der Waals surface area (Å²) in [5, 5.41) is 19.7. The minimum absolute atomic E-state index is 0.0249. The van der Waals surface area contributed by atoms with E-state index in [1.807, 2.05) is 19.9 Å². The quantitative estimate of drug-likeness (QED) is 0.198. The maximum Gasteiger partial charge on any atom is 0.408 e. The Bertz CT molecular complexity index is 1540. The van der Waals surface area contributed by atoms with Crippen molar-refractivity contribution in [2.45, 2.75) is 91.0 Å². The number of ether oxygens (including phenoxy) is 1. The standard InChI is InChI=1S/C33H40ClFN4O5/c1-17(2)28(39-32(43)44-33(4,5)6)31(42)38-22-10-8-21(9-11-22)37-29-23-13-19(20-14-25(34)30(41)26(35)15-20)7-12-27(23)36-16-24(29)18(3)40/h7,12-17,21-22,28,41H,8-11H2,1-6H3,(H,36,37)(H,38,42)(H,39,43)/t21-,22-,28?. The molecule has 0 saturated heterocycles. The van der Waals surface area contributed by atoms with Crippen LogP contribution in [0.1, 0.15) is 77.6 Å². The number of halogens is 2. The van der Waals surface area contributed by atoms with Crippen molar-refractivity contribution >= 4 is 46.0 Å². The third kappa shape index (κ3) is 7.96. The number of phenolic OH excluding ortho intramolecular Hbond substituents is 1. The van der Waals surface area contributed by atoms with Gasteiger partial charge in [0.15, 0.2) is 17.3 Å². The molecule has 1 atom stereocenters. The number of anilines is 1. The maximum atomic E-state index is 14.3. The molecule has 44 heavy (non-hydrogen) atoms. The van der Waals surface area contributed by atoms with Crippen LogP contribution in [0.5, 0.6) is 5.75 Å². The zero-order valence-electron chi connectivity index (χ0n) is 25.9. The Morgan fingerprint density at radius 2 is 1.70 bits per heavy atom. The summed E-state index contributed by atoms with van der Waals surface area (Å²) >= 11 is 6.03. The van der Waals surface area contributed by atoms with Gasteiger partial charge in [-0.2, -0.15) is 0 Å². The van der Waals surface area contributed by atoms with Crippen LogP contribution in [0.2, 0.25) is 5.02 Å². The van der Waals surface area contributed by atoms with Crippen LogP contribution in [0.4, 0.5) is 14.9 Å². The number of hydrogen-bond acceptors (Lipinski definition) is 7. The van der Waals surface area contributed by atoms with Gasteiger partial charge in [0.25, 0.3) is 0 Å². The summed E-state index contributed by atoms with van der Waals surface area (Å²) in [6.45, 7) is 10.5. The number of Topliss-reactive ketones (excluding diaryl/α,β-unsaturated/α-hetero) is 1. The van der Waals surface area contributed by atoms with Gasteiger partial charge in [0.2, 0.25) is 5.91 Å². The third-order valence-electron chi connectivity index (χ3n) is 7.64. The van der Waals surface area contributed by atoms with Crippen molar-refractivity contribution in [3.8, 4) is 16.9 Å². The van der Waals surface area contributed by atoms with E-state index in [-0.39, 0.29) is 34.7 Å². The van der Waals surface area contributed by atoms with E-state index in [1.165, 1.54) is 19.1 Å². The van der Waals surface area contributed by atoms with Crippen LogP contribution in [0.25, 0.3) is 22.0 Å². The fourth-order valence-electron chi connectivity index (χ4n) is 5.37. The van der Waals surface area contributed by atoms with Crippen molar-refractivity contribution in [1.29, 1.82) is 0 Å². The van der Waals surface area contributed by atoms with E-state index in [2.05, 4.69) is 20.9 Å². The fourth-order valence-corrected chi connectivity index (χ4v) is 5.58. The Morgan fingerprint density at radius 1 is 1.05 bits per heavy atom. The topological polar surface area (TPSA) is 130 Å². The molecule has 9 nitrogen and oxygen atoms in total. The largest absolute Gasteiger partial charge is 0.504 e. The Hall–Kier alpha value is -3.92. The molecule has 1 unspecified atom stereocenters. The lowest BCUT2D eigenvalue weighted by Crippen LogP contribution is -2.53. The molecule has 4 rings (SSSR count). The van der Waals surface area contributed by atoms with Crippen LogP contribution in [0.15, 0.2) is 36.5 Å². The van der Waals surface area contributed by atoms with Crippen molar-refractivity contribution in [2.75, 3.05) is 5.32 Å². The van der Waals surface area contributed by atoms with Crippen molar-refractivity contribution in [2.24, 2.45) is 5.92 Å². The van der Waals surface area contributed by atoms with Crippen LogP contribution >= 0.6 is 11.6 Å². The molecule has 0 aliphatic heterocycles. The highest BCUT2D eigenvalue weighted by atomic mass is 35.5. The van der Waals surface area contributed by atoms with Gasteiger partial charge in [-0.05, 0) is 94.7 Å². The molecular weight excluding hydrogens is 587 g/mol. The second-order valence-electron chi connectivity index (χ2n) is 12.7. The Morgan fingerprint density at radius 3 is 2.30 bits per heavy atom. The first-order valence-corrected chi connectivity index (χ1v) is 15.2. The van der Waals surface area contributed by atoms with Crippen molar-refractivity contribution in [3.05, 3.63) is 52.9 Å². The number of phenols is 1. The van der Waals surface area contributed by atoms with E-state index in [1.54, 1.807) is 39.1 Å². The van der Waals surface area contributed by atoms with E-state index in [4.69, 9.17) is 16.3 Å². The first-order chi connectivity index (χ1) is 20.6. The molecule has 1 heterocycles. The predicted octanol–water partition coefficient (Wildman–Crippen LogP) is 6.99. The van der Waals surface area contributed by atoms with Crippen LogP contribution in [-0.2, 0) is 9.53 Å². The molecule has 1 saturated carbocycles. The summed E-state index contributed by atoms with van der Waals surface area (Å²) in [6.07, 6.45) is 3.80. The van der Waals surface area contributed by atoms with E-state index in [0.29, 0.717) is 46.1 Å². The number of carbonyl (C=O) groups excluding carboxylic acids is 3. The predicted molar refractivity (Wildman–Crippen MR) is 170 cm³/mol. The maximum absolute atomic E-state index is 14.3. The normalized spacial score (nSPS) is 17.7. The van der Waals surface area contributed by atoms with Crippen LogP contribution in [-0.4, -0.2) is 51.6 Å². The number of ketones is 1. The zero-order valence-corrected chi connectivity index (χ0v) is 26.6. The second kappa shape index (κ2) is 13.4. The Balaban J connectivity index is 1.49. The number of alkyl carbamates (subject to hydrolysis) is 1. The SMILES string of the molecule is CC(=O)c1cnc2ccc(-c3cc(F)c(O)c(Cl)c3)cc2c1N[C@H]1CC[C@H](NC(=O)C(NC(=O)OC(C)(C)C)C(C)C)CC1. The molecule has 2 aromatic carbocycles. The molecule has 1 aromatic heterocycles. The fraction of sp³-hybridized carbons (Fsp3) is 0.455. The highest BCUT2D eigenvalue weighted by molar-refractivity contribution is 6.32. The van der Waals surface area contributed by atoms with Gasteiger partial charge in [0.05, 0.1) is 21.8 Å². The van der Waals surface area contributed by atoms with E-state index < -0.39 is 29.3 Å². The number of pyridine rings is 1. The molecular formula is C33H40ClFN4O5. The number of nitrogens with zero attached hydrogens (tertiary/aromatic N) is 1. The minimum atomic E-state index is -0.828. The first-order valence-electron chi connectivity index (χ1n) is 14.8. The second-order valence-corrected chi connectivity index (χ2v) is 13.1. The van der Waals surface area contributed by atoms with Gasteiger partial charge >= 0.3 is 6.09 Å². The van der Waals surface area contributed by atoms with Gasteiger partial charge in [0, 0.05) is 23.7 Å². The summed E-state index contributed by atoms with van der Waals surface area (Å²) in [5.41, 5.74) is 2.19. The zero-order chi connectivity index (χ0) is 32.3. The molecule has 236 valence electrons. The number of amides is 2. The monoisotopic (exact) mass is 626 g/mol. The lowest BCUT2D eigenvalue weighted by atomic mass is 9.90. The van der Waals surface area contributed by atoms with E-state index in [9.17, 15) is 23.9 Å². The number of nitrogens with one attached hydrogen (secondary N) is 3. The first kappa shape index (κ1) is 33.0. The summed E-state index contributed by atoms with van der Waals surface area (Å²) in [6, 6.07) is 7.33. The third-order valence-corrected chi connectivity index (χ3v) is 7.93. The average Bonchev–Trinajstić information content (AvgIpc) is 2.94. The molecule has 1 aliphatic rings. The number of aromatic hydroxyl groups is 1. The van der Waals surface area contributed by atoms with Crippen LogP contribution in [0, 0.1) is 11.7 Å². The van der Waals surface area contributed by atoms with Gasteiger partial charge in [-0.25, -0.2) is 9.18 Å². The van der Waals surface area contributed by atoms with Crippen LogP contribution in [0.3, 0.4) is 0 Å². The minimum Gasteiger partial charge on any atom is -0.504 e. The molecule has 2 amide bonds. The number of aromatic nitrogens is 1. The molecule has 0 spiro atoms. The number of carbonyl (C=O) groups is 3. The number of fused-ring (bicyclic) bond motifs is 1. The number of benzene rings is 2. The summed E-state index contributed by atoms with van der Waals surface area (Å²) in [4.78, 5) is 42.5. The van der Waals surface area contributed by atoms with Crippen LogP contribution < -0.4 is 16.0 Å². The van der Waals surface area contributed by atoms with E-state index >= 15 is 0 Å². The molecule has 11 heteroatoms. The van der Waals surface area contributed by atoms with Gasteiger partial charge in [0.1, 0.15) is 11.6 Å². The highest BCUT2D eigenvalue weighted by Gasteiger charge is 2.30. The molecule has 0 radical (unpaired) electrons. The highest BCUT2D eigenvalue weighted by Crippen LogP contribution is 2.36. The molecule has 1 fully saturated rings. The lowest BCUT2D eigenvalue weighted by Gasteiger charge is -2.32. The molecule has 4 N–H and O–H groups in total. The summed E-state index contributed by atoms with van der Waals surface area (Å²) in [5.74, 6) is -1.97. The molecule has 0 bridgehead atoms.